The molecule has 0 bridgehead atoms. The summed E-state index contributed by atoms with van der Waals surface area (Å²) >= 11 is 1.29. The Kier molecular flexibility index (Phi) is 4.12. The Morgan fingerprint density at radius 3 is 2.20 bits per heavy atom. The lowest BCUT2D eigenvalue weighted by atomic mass is 10.3. The van der Waals surface area contributed by atoms with Crippen LogP contribution in [0.3, 0.4) is 0 Å². The molecule has 2 heterocycles. The van der Waals surface area contributed by atoms with Crippen LogP contribution in [-0.4, -0.2) is 66.9 Å². The molecule has 110 valence electrons. The summed E-state index contributed by atoms with van der Waals surface area (Å²) < 4.78 is 0. The molecule has 0 spiro atoms. The number of amides is 2. The molecule has 1 aliphatic rings. The molecule has 1 aromatic heterocycles. The second-order valence-corrected chi connectivity index (χ2v) is 5.88. The van der Waals surface area contributed by atoms with Crippen molar-refractivity contribution in [1.82, 2.24) is 14.8 Å². The minimum Gasteiger partial charge on any atom is -0.382 e. The molecule has 2 N–H and O–H groups in total. The number of thiazole rings is 1. The van der Waals surface area contributed by atoms with Gasteiger partial charge >= 0.3 is 0 Å². The Morgan fingerprint density at radius 2 is 1.75 bits per heavy atom. The highest BCUT2D eigenvalue weighted by atomic mass is 32.1. The minimum absolute atomic E-state index is 0.0456. The van der Waals surface area contributed by atoms with Crippen LogP contribution in [0.5, 0.6) is 0 Å². The highest BCUT2D eigenvalue weighted by molar-refractivity contribution is 7.18. The van der Waals surface area contributed by atoms with Crippen molar-refractivity contribution < 1.29 is 9.59 Å². The number of piperazine rings is 1. The lowest BCUT2D eigenvalue weighted by molar-refractivity contribution is -0.130. The maximum absolute atomic E-state index is 12.4. The lowest BCUT2D eigenvalue weighted by Crippen LogP contribution is -2.50. The second-order valence-electron chi connectivity index (χ2n) is 4.90. The lowest BCUT2D eigenvalue weighted by Gasteiger charge is -2.33. The van der Waals surface area contributed by atoms with E-state index in [2.05, 4.69) is 4.98 Å². The Balaban J connectivity index is 2.07. The molecule has 0 atom stereocenters. The van der Waals surface area contributed by atoms with Gasteiger partial charge in [0, 0.05) is 47.2 Å². The average molecular weight is 297 g/mol. The summed E-state index contributed by atoms with van der Waals surface area (Å²) in [4.78, 5) is 33.6. The number of hydrogen-bond acceptors (Lipinski definition) is 6. The molecule has 1 aliphatic heterocycles. The van der Waals surface area contributed by atoms with Gasteiger partial charge in [-0.3, -0.25) is 9.59 Å². The van der Waals surface area contributed by atoms with Crippen molar-refractivity contribution in [2.75, 3.05) is 50.9 Å². The van der Waals surface area contributed by atoms with Crippen LogP contribution in [0.1, 0.15) is 16.6 Å². The highest BCUT2D eigenvalue weighted by Gasteiger charge is 2.26. The molecule has 20 heavy (non-hydrogen) atoms. The van der Waals surface area contributed by atoms with E-state index in [-0.39, 0.29) is 17.6 Å². The first kappa shape index (κ1) is 14.6. The molecule has 1 aromatic rings. The molecule has 1 fully saturated rings. The minimum atomic E-state index is -0.101. The van der Waals surface area contributed by atoms with Crippen molar-refractivity contribution in [3.8, 4) is 0 Å². The van der Waals surface area contributed by atoms with Crippen LogP contribution in [0.2, 0.25) is 0 Å². The molecular formula is C12H19N5O2S. The largest absolute Gasteiger partial charge is 0.382 e. The number of rotatable bonds is 2. The first-order valence-electron chi connectivity index (χ1n) is 6.38. The smallest absolute Gasteiger partial charge is 0.267 e. The van der Waals surface area contributed by atoms with E-state index in [4.69, 9.17) is 5.73 Å². The molecule has 0 aromatic carbocycles. The second kappa shape index (κ2) is 5.66. The van der Waals surface area contributed by atoms with E-state index < -0.39 is 0 Å². The number of nitrogen functional groups attached to an aromatic ring is 1. The number of anilines is 2. The van der Waals surface area contributed by atoms with Gasteiger partial charge in [0.05, 0.1) is 0 Å². The van der Waals surface area contributed by atoms with Crippen LogP contribution in [0.15, 0.2) is 0 Å². The van der Waals surface area contributed by atoms with Crippen molar-refractivity contribution in [2.24, 2.45) is 0 Å². The number of nitrogens with zero attached hydrogens (tertiary/aromatic N) is 4. The van der Waals surface area contributed by atoms with Crippen molar-refractivity contribution in [1.29, 1.82) is 0 Å². The number of carbonyl (C=O) groups excluding carboxylic acids is 2. The fourth-order valence-corrected chi connectivity index (χ4v) is 2.91. The van der Waals surface area contributed by atoms with Gasteiger partial charge in [-0.15, -0.1) is 0 Å². The SMILES string of the molecule is CC(=O)N1CCN(C(=O)c2sc(N(C)C)nc2N)CC1. The normalized spacial score (nSPS) is 15.3. The maximum Gasteiger partial charge on any atom is 0.267 e. The molecule has 0 radical (unpaired) electrons. The monoisotopic (exact) mass is 297 g/mol. The van der Waals surface area contributed by atoms with Crippen LogP contribution in [0.25, 0.3) is 0 Å². The third-order valence-electron chi connectivity index (χ3n) is 3.23. The molecule has 8 heteroatoms. The van der Waals surface area contributed by atoms with Crippen LogP contribution in [0, 0.1) is 0 Å². The molecule has 1 saturated heterocycles. The zero-order valence-corrected chi connectivity index (χ0v) is 12.7. The van der Waals surface area contributed by atoms with Crippen molar-refractivity contribution in [3.63, 3.8) is 0 Å². The Bertz CT molecular complexity index is 520. The number of aromatic nitrogens is 1. The quantitative estimate of drug-likeness (QED) is 0.837. The molecule has 2 rings (SSSR count). The summed E-state index contributed by atoms with van der Waals surface area (Å²) in [5.74, 6) is 0.221. The Morgan fingerprint density at radius 1 is 1.20 bits per heavy atom. The number of carbonyl (C=O) groups is 2. The summed E-state index contributed by atoms with van der Waals surface area (Å²) in [6.07, 6.45) is 0. The van der Waals surface area contributed by atoms with E-state index in [1.807, 2.05) is 19.0 Å². The van der Waals surface area contributed by atoms with Gasteiger partial charge in [0.15, 0.2) is 5.13 Å². The van der Waals surface area contributed by atoms with Crippen LogP contribution < -0.4 is 10.6 Å². The predicted molar refractivity (Wildman–Crippen MR) is 79.0 cm³/mol. The van der Waals surface area contributed by atoms with Gasteiger partial charge in [-0.25, -0.2) is 4.98 Å². The Labute approximate surface area is 122 Å². The summed E-state index contributed by atoms with van der Waals surface area (Å²) in [6, 6.07) is 0. The fourth-order valence-electron chi connectivity index (χ4n) is 2.03. The fraction of sp³-hybridized carbons (Fsp3) is 0.583. The summed E-state index contributed by atoms with van der Waals surface area (Å²) in [5.41, 5.74) is 5.82. The van der Waals surface area contributed by atoms with Gasteiger partial charge in [-0.1, -0.05) is 11.3 Å². The zero-order valence-electron chi connectivity index (χ0n) is 11.9. The van der Waals surface area contributed by atoms with Crippen molar-refractivity contribution in [2.45, 2.75) is 6.92 Å². The van der Waals surface area contributed by atoms with Gasteiger partial charge in [0.25, 0.3) is 5.91 Å². The van der Waals surface area contributed by atoms with Gasteiger partial charge < -0.3 is 20.4 Å². The molecule has 0 unspecified atom stereocenters. The number of hydrogen-bond donors (Lipinski definition) is 1. The van der Waals surface area contributed by atoms with Gasteiger partial charge in [0.1, 0.15) is 10.7 Å². The summed E-state index contributed by atoms with van der Waals surface area (Å²) in [5, 5.41) is 0.716. The van der Waals surface area contributed by atoms with Gasteiger partial charge in [-0.2, -0.15) is 0 Å². The third-order valence-corrected chi connectivity index (χ3v) is 4.46. The topological polar surface area (TPSA) is 82.8 Å². The van der Waals surface area contributed by atoms with E-state index in [9.17, 15) is 9.59 Å². The van der Waals surface area contributed by atoms with Gasteiger partial charge in [-0.05, 0) is 0 Å². The van der Waals surface area contributed by atoms with E-state index in [0.717, 1.165) is 0 Å². The molecular weight excluding hydrogens is 278 g/mol. The highest BCUT2D eigenvalue weighted by Crippen LogP contribution is 2.28. The number of nitrogens with two attached hydrogens (primary N) is 1. The van der Waals surface area contributed by atoms with Crippen molar-refractivity contribution >= 4 is 34.1 Å². The molecule has 2 amide bonds. The zero-order chi connectivity index (χ0) is 14.9. The van der Waals surface area contributed by atoms with Crippen LogP contribution in [0.4, 0.5) is 10.9 Å². The summed E-state index contributed by atoms with van der Waals surface area (Å²) in [6.45, 7) is 3.75. The first-order chi connectivity index (χ1) is 9.40. The van der Waals surface area contributed by atoms with Crippen molar-refractivity contribution in [3.05, 3.63) is 4.88 Å². The van der Waals surface area contributed by atoms with E-state index in [1.54, 1.807) is 16.7 Å². The van der Waals surface area contributed by atoms with E-state index >= 15 is 0 Å². The standard InChI is InChI=1S/C12H19N5O2S/c1-8(18)16-4-6-17(7-5-16)11(19)9-10(13)14-12(20-9)15(2)3/h4-7,13H2,1-3H3. The van der Waals surface area contributed by atoms with Crippen LogP contribution >= 0.6 is 11.3 Å². The van der Waals surface area contributed by atoms with E-state index in [1.165, 1.54) is 11.3 Å². The molecule has 7 nitrogen and oxygen atoms in total. The van der Waals surface area contributed by atoms with E-state index in [0.29, 0.717) is 36.2 Å². The Hall–Kier alpha value is -1.83. The average Bonchev–Trinajstić information content (AvgIpc) is 2.80. The van der Waals surface area contributed by atoms with Crippen LogP contribution in [-0.2, 0) is 4.79 Å². The molecule has 0 aliphatic carbocycles. The maximum atomic E-state index is 12.4. The van der Waals surface area contributed by atoms with Gasteiger partial charge in [0.2, 0.25) is 5.91 Å². The first-order valence-corrected chi connectivity index (χ1v) is 7.20. The summed E-state index contributed by atoms with van der Waals surface area (Å²) in [7, 11) is 3.72. The third kappa shape index (κ3) is 2.84. The molecule has 0 saturated carbocycles. The predicted octanol–water partition coefficient (Wildman–Crippen LogP) is 0.0956.